The van der Waals surface area contributed by atoms with Crippen LogP contribution in [0.25, 0.3) is 11.1 Å². The van der Waals surface area contributed by atoms with Crippen molar-refractivity contribution in [2.45, 2.75) is 31.4 Å². The van der Waals surface area contributed by atoms with E-state index >= 15 is 0 Å². The number of aliphatic carboxylic acids is 1. The molecular formula is C29H28N2O7. The van der Waals surface area contributed by atoms with Crippen LogP contribution in [0.2, 0.25) is 0 Å². The van der Waals surface area contributed by atoms with Crippen LogP contribution < -0.4 is 10.6 Å². The van der Waals surface area contributed by atoms with Gasteiger partial charge in [0.25, 0.3) is 0 Å². The predicted octanol–water partition coefficient (Wildman–Crippen LogP) is 3.62. The fourth-order valence-corrected chi connectivity index (χ4v) is 4.36. The van der Waals surface area contributed by atoms with Gasteiger partial charge in [0.1, 0.15) is 25.8 Å². The minimum atomic E-state index is -1.33. The van der Waals surface area contributed by atoms with Crippen molar-refractivity contribution >= 4 is 23.9 Å². The fraction of sp³-hybridized carbons (Fsp3) is 0.241. The van der Waals surface area contributed by atoms with E-state index in [0.717, 1.165) is 27.8 Å². The number of carbonyl (C=O) groups excluding carboxylic acids is 3. The van der Waals surface area contributed by atoms with Crippen molar-refractivity contribution < 1.29 is 33.8 Å². The van der Waals surface area contributed by atoms with E-state index in [1.165, 1.54) is 0 Å². The van der Waals surface area contributed by atoms with Crippen LogP contribution in [0, 0.1) is 0 Å². The summed E-state index contributed by atoms with van der Waals surface area (Å²) in [6.45, 7) is -0.221. The Hall–Kier alpha value is -4.66. The number of nitrogens with one attached hydrogen (secondary N) is 2. The van der Waals surface area contributed by atoms with E-state index in [4.69, 9.17) is 9.47 Å². The molecule has 0 saturated carbocycles. The summed E-state index contributed by atoms with van der Waals surface area (Å²) < 4.78 is 10.5. The minimum absolute atomic E-state index is 0.0395. The largest absolute Gasteiger partial charge is 0.480 e. The number of alkyl carbamates (subject to hydrolysis) is 1. The number of carbonyl (C=O) groups is 4. The number of ether oxygens (including phenoxy) is 2. The summed E-state index contributed by atoms with van der Waals surface area (Å²) >= 11 is 0. The first-order valence-corrected chi connectivity index (χ1v) is 12.2. The lowest BCUT2D eigenvalue weighted by atomic mass is 9.98. The van der Waals surface area contributed by atoms with Crippen LogP contribution in [0.1, 0.15) is 35.4 Å². The van der Waals surface area contributed by atoms with Gasteiger partial charge in [-0.1, -0.05) is 78.9 Å². The highest BCUT2D eigenvalue weighted by Crippen LogP contribution is 2.44. The maximum atomic E-state index is 12.4. The highest BCUT2D eigenvalue weighted by atomic mass is 16.5. The van der Waals surface area contributed by atoms with E-state index in [0.29, 0.717) is 0 Å². The molecule has 0 fully saturated rings. The normalized spacial score (nSPS) is 12.5. The fourth-order valence-electron chi connectivity index (χ4n) is 4.36. The van der Waals surface area contributed by atoms with Crippen LogP contribution in [0.5, 0.6) is 0 Å². The third-order valence-corrected chi connectivity index (χ3v) is 6.27. The number of esters is 1. The Morgan fingerprint density at radius 2 is 1.42 bits per heavy atom. The highest BCUT2D eigenvalue weighted by Gasteiger charge is 2.30. The Morgan fingerprint density at radius 3 is 2.05 bits per heavy atom. The van der Waals surface area contributed by atoms with Gasteiger partial charge in [-0.3, -0.25) is 9.59 Å². The van der Waals surface area contributed by atoms with E-state index in [9.17, 15) is 24.3 Å². The summed E-state index contributed by atoms with van der Waals surface area (Å²) in [5, 5.41) is 14.2. The quantitative estimate of drug-likeness (QED) is 0.332. The molecule has 1 aliphatic rings. The molecule has 0 aliphatic heterocycles. The predicted molar refractivity (Wildman–Crippen MR) is 138 cm³/mol. The van der Waals surface area contributed by atoms with Crippen molar-refractivity contribution in [2.24, 2.45) is 0 Å². The summed E-state index contributed by atoms with van der Waals surface area (Å²) in [4.78, 5) is 48.0. The molecule has 38 heavy (non-hydrogen) atoms. The zero-order valence-corrected chi connectivity index (χ0v) is 20.6. The number of carboxylic acid groups (broad SMARTS) is 1. The second-order valence-corrected chi connectivity index (χ2v) is 8.82. The molecule has 2 amide bonds. The lowest BCUT2D eigenvalue weighted by molar-refractivity contribution is -0.145. The van der Waals surface area contributed by atoms with Crippen molar-refractivity contribution in [1.29, 1.82) is 0 Å². The summed E-state index contributed by atoms with van der Waals surface area (Å²) in [5.74, 6) is -2.62. The van der Waals surface area contributed by atoms with Gasteiger partial charge in [0.05, 0.1) is 0 Å². The van der Waals surface area contributed by atoms with Gasteiger partial charge in [0.2, 0.25) is 5.91 Å². The first-order chi connectivity index (χ1) is 18.4. The molecule has 3 aromatic rings. The molecule has 0 aromatic heterocycles. The van der Waals surface area contributed by atoms with Gasteiger partial charge >= 0.3 is 18.0 Å². The van der Waals surface area contributed by atoms with Crippen LogP contribution in [-0.2, 0) is 30.5 Å². The molecule has 9 heteroatoms. The number of hydrogen-bond acceptors (Lipinski definition) is 6. The Kier molecular flexibility index (Phi) is 8.71. The molecule has 9 nitrogen and oxygen atoms in total. The first-order valence-electron chi connectivity index (χ1n) is 12.2. The maximum Gasteiger partial charge on any atom is 0.407 e. The molecule has 1 atom stereocenters. The van der Waals surface area contributed by atoms with E-state index in [2.05, 4.69) is 10.6 Å². The van der Waals surface area contributed by atoms with E-state index in [1.807, 2.05) is 78.9 Å². The number of benzene rings is 3. The topological polar surface area (TPSA) is 131 Å². The molecule has 0 radical (unpaired) electrons. The second-order valence-electron chi connectivity index (χ2n) is 8.82. The first kappa shape index (κ1) is 26.4. The Bertz CT molecular complexity index is 1260. The molecule has 3 aromatic carbocycles. The van der Waals surface area contributed by atoms with Crippen molar-refractivity contribution in [1.82, 2.24) is 10.6 Å². The van der Waals surface area contributed by atoms with E-state index in [-0.39, 0.29) is 38.5 Å². The van der Waals surface area contributed by atoms with Gasteiger partial charge in [-0.15, -0.1) is 0 Å². The summed E-state index contributed by atoms with van der Waals surface area (Å²) in [5.41, 5.74) is 5.05. The molecule has 0 spiro atoms. The standard InChI is InChI=1S/C29H28N2O7/c32-26(30-16-27(33)37-17-19-8-2-1-3-9-19)15-14-25(28(34)35)31-29(36)38-18-24-22-12-6-4-10-20(22)21-11-5-7-13-23(21)24/h1-13,24-25H,14-18H2,(H,30,32)(H,31,36)(H,34,35). The Labute approximate surface area is 219 Å². The minimum Gasteiger partial charge on any atom is -0.480 e. The van der Waals surface area contributed by atoms with E-state index < -0.39 is 30.0 Å². The van der Waals surface area contributed by atoms with Gasteiger partial charge < -0.3 is 25.2 Å². The van der Waals surface area contributed by atoms with Crippen LogP contribution in [0.3, 0.4) is 0 Å². The number of amides is 2. The van der Waals surface area contributed by atoms with Crippen LogP contribution in [0.15, 0.2) is 78.9 Å². The van der Waals surface area contributed by atoms with Crippen molar-refractivity contribution in [2.75, 3.05) is 13.2 Å². The smallest absolute Gasteiger partial charge is 0.407 e. The maximum absolute atomic E-state index is 12.4. The molecule has 4 rings (SSSR count). The van der Waals surface area contributed by atoms with Gasteiger partial charge in [0.15, 0.2) is 0 Å². The lowest BCUT2D eigenvalue weighted by Crippen LogP contribution is -2.42. The lowest BCUT2D eigenvalue weighted by Gasteiger charge is -2.17. The second kappa shape index (κ2) is 12.5. The van der Waals surface area contributed by atoms with Gasteiger partial charge in [-0.25, -0.2) is 9.59 Å². The summed E-state index contributed by atoms with van der Waals surface area (Å²) in [6.07, 6.45) is -1.28. The van der Waals surface area contributed by atoms with Crippen molar-refractivity contribution in [3.63, 3.8) is 0 Å². The van der Waals surface area contributed by atoms with Gasteiger partial charge in [-0.05, 0) is 34.2 Å². The molecule has 1 aliphatic carbocycles. The molecule has 1 unspecified atom stereocenters. The number of fused-ring (bicyclic) bond motifs is 3. The molecule has 0 saturated heterocycles. The number of hydrogen-bond donors (Lipinski definition) is 3. The summed E-state index contributed by atoms with van der Waals surface area (Å²) in [7, 11) is 0. The molecular weight excluding hydrogens is 488 g/mol. The third kappa shape index (κ3) is 6.76. The van der Waals surface area contributed by atoms with Crippen LogP contribution in [-0.4, -0.2) is 48.2 Å². The van der Waals surface area contributed by atoms with Crippen molar-refractivity contribution in [3.05, 3.63) is 95.6 Å². The average Bonchev–Trinajstić information content (AvgIpc) is 3.26. The highest BCUT2D eigenvalue weighted by molar-refractivity contribution is 5.84. The number of rotatable bonds is 11. The summed E-state index contributed by atoms with van der Waals surface area (Å²) in [6, 6.07) is 23.5. The Balaban J connectivity index is 1.21. The third-order valence-electron chi connectivity index (χ3n) is 6.27. The van der Waals surface area contributed by atoms with Crippen molar-refractivity contribution in [3.8, 4) is 11.1 Å². The van der Waals surface area contributed by atoms with Gasteiger partial charge in [0, 0.05) is 12.3 Å². The van der Waals surface area contributed by atoms with Gasteiger partial charge in [-0.2, -0.15) is 0 Å². The van der Waals surface area contributed by atoms with Crippen LogP contribution in [0.4, 0.5) is 4.79 Å². The molecule has 0 bridgehead atoms. The van der Waals surface area contributed by atoms with Crippen LogP contribution >= 0.6 is 0 Å². The van der Waals surface area contributed by atoms with E-state index in [1.54, 1.807) is 0 Å². The Morgan fingerprint density at radius 1 is 0.816 bits per heavy atom. The molecule has 196 valence electrons. The average molecular weight is 517 g/mol. The SMILES string of the molecule is O=C(CCC(NC(=O)OCC1c2ccccc2-c2ccccc21)C(=O)O)NCC(=O)OCc1ccccc1. The zero-order valence-electron chi connectivity index (χ0n) is 20.6. The monoisotopic (exact) mass is 516 g/mol. The number of carboxylic acids is 1. The molecule has 0 heterocycles. The molecule has 3 N–H and O–H groups in total. The zero-order chi connectivity index (χ0) is 26.9.